The van der Waals surface area contributed by atoms with Gasteiger partial charge in [0.15, 0.2) is 0 Å². The average Bonchev–Trinajstić information content (AvgIpc) is 3.55. The molecule has 180 valence electrons. The molecule has 35 heavy (non-hydrogen) atoms. The van der Waals surface area contributed by atoms with E-state index in [0.717, 1.165) is 41.7 Å². The Morgan fingerprint density at radius 3 is 2.57 bits per heavy atom. The number of rotatable bonds is 6. The quantitative estimate of drug-likeness (QED) is 0.557. The van der Waals surface area contributed by atoms with Gasteiger partial charge in [0, 0.05) is 31.3 Å². The van der Waals surface area contributed by atoms with Crippen molar-refractivity contribution < 1.29 is 23.5 Å². The van der Waals surface area contributed by atoms with E-state index in [9.17, 15) is 14.0 Å². The second kappa shape index (κ2) is 9.88. The van der Waals surface area contributed by atoms with E-state index in [-0.39, 0.29) is 23.7 Å². The van der Waals surface area contributed by atoms with Gasteiger partial charge in [0.2, 0.25) is 5.91 Å². The number of benzene rings is 3. The zero-order valence-electron chi connectivity index (χ0n) is 19.4. The van der Waals surface area contributed by atoms with Gasteiger partial charge in [-0.25, -0.2) is 4.39 Å². The molecule has 2 amide bonds. The molecule has 2 N–H and O–H groups in total. The monoisotopic (exact) mass is 474 g/mol. The predicted molar refractivity (Wildman–Crippen MR) is 130 cm³/mol. The number of amides is 2. The van der Waals surface area contributed by atoms with Gasteiger partial charge >= 0.3 is 0 Å². The number of carbonyl (C=O) groups is 2. The molecule has 0 aliphatic carbocycles. The molecule has 1 fully saturated rings. The van der Waals surface area contributed by atoms with Gasteiger partial charge in [-0.3, -0.25) is 9.59 Å². The first-order chi connectivity index (χ1) is 17.0. The van der Waals surface area contributed by atoms with Crippen molar-refractivity contribution in [2.24, 2.45) is 0 Å². The topological polar surface area (TPSA) is 76.7 Å². The molecule has 5 rings (SSSR count). The fraction of sp³-hybridized carbons (Fsp3) is 0.286. The molecule has 0 saturated carbocycles. The Kier molecular flexibility index (Phi) is 6.51. The lowest BCUT2D eigenvalue weighted by atomic mass is 9.88. The summed E-state index contributed by atoms with van der Waals surface area (Å²) in [5, 5.41) is 5.68. The summed E-state index contributed by atoms with van der Waals surface area (Å²) in [6.45, 7) is 1.24. The molecule has 3 unspecified atom stereocenters. The highest BCUT2D eigenvalue weighted by atomic mass is 19.1. The van der Waals surface area contributed by atoms with Crippen LogP contribution in [0, 0.1) is 5.82 Å². The van der Waals surface area contributed by atoms with Crippen LogP contribution in [0.2, 0.25) is 0 Å². The molecule has 0 spiro atoms. The molecule has 0 aromatic heterocycles. The number of halogens is 1. The summed E-state index contributed by atoms with van der Waals surface area (Å²) in [6.07, 6.45) is 1.50. The largest absolute Gasteiger partial charge is 0.484 e. The molecule has 6 nitrogen and oxygen atoms in total. The van der Waals surface area contributed by atoms with Gasteiger partial charge < -0.3 is 20.1 Å². The van der Waals surface area contributed by atoms with Crippen molar-refractivity contribution in [1.82, 2.24) is 10.6 Å². The second-order valence-electron chi connectivity index (χ2n) is 8.86. The van der Waals surface area contributed by atoms with E-state index < -0.39 is 12.0 Å². The van der Waals surface area contributed by atoms with E-state index >= 15 is 0 Å². The standard InChI is InChI=1S/C28H27FN2O4/c1-30-28(33)25-23-15-19(9-12-24(23)35-26(25)17-7-10-21(29)11-8-17)18-4-2-5-20(14-18)27(32)31-16-22-6-3-13-34-22/h2,4-5,7-12,14-15,22,25-26H,3,6,13,16H2,1H3,(H,30,33)(H,31,32). The highest BCUT2D eigenvalue weighted by Gasteiger charge is 2.40. The van der Waals surface area contributed by atoms with Crippen LogP contribution in [0.5, 0.6) is 5.75 Å². The Balaban J connectivity index is 1.41. The lowest BCUT2D eigenvalue weighted by molar-refractivity contribution is -0.123. The Bertz CT molecular complexity index is 1240. The van der Waals surface area contributed by atoms with E-state index in [0.29, 0.717) is 17.9 Å². The molecule has 2 aliphatic heterocycles. The molecular formula is C28H27FN2O4. The summed E-state index contributed by atoms with van der Waals surface area (Å²) in [5.41, 5.74) is 3.77. The third-order valence-corrected chi connectivity index (χ3v) is 6.60. The van der Waals surface area contributed by atoms with Crippen molar-refractivity contribution in [2.45, 2.75) is 31.0 Å². The van der Waals surface area contributed by atoms with Crippen molar-refractivity contribution >= 4 is 11.8 Å². The summed E-state index contributed by atoms with van der Waals surface area (Å²) in [4.78, 5) is 25.6. The Labute approximate surface area is 203 Å². The van der Waals surface area contributed by atoms with E-state index in [2.05, 4.69) is 10.6 Å². The number of nitrogens with one attached hydrogen (secondary N) is 2. The van der Waals surface area contributed by atoms with Crippen LogP contribution in [0.25, 0.3) is 11.1 Å². The molecule has 3 atom stereocenters. The van der Waals surface area contributed by atoms with Crippen LogP contribution in [-0.2, 0) is 9.53 Å². The van der Waals surface area contributed by atoms with Gasteiger partial charge in [0.1, 0.15) is 23.6 Å². The van der Waals surface area contributed by atoms with Crippen molar-refractivity contribution in [3.63, 3.8) is 0 Å². The average molecular weight is 475 g/mol. The van der Waals surface area contributed by atoms with Crippen LogP contribution in [-0.4, -0.2) is 38.1 Å². The zero-order chi connectivity index (χ0) is 24.4. The number of ether oxygens (including phenoxy) is 2. The number of carbonyl (C=O) groups excluding carboxylic acids is 2. The molecule has 0 radical (unpaired) electrons. The highest BCUT2D eigenvalue weighted by Crippen LogP contribution is 2.47. The van der Waals surface area contributed by atoms with Gasteiger partial charge in [-0.15, -0.1) is 0 Å². The van der Waals surface area contributed by atoms with Gasteiger partial charge in [-0.05, 0) is 65.9 Å². The van der Waals surface area contributed by atoms with E-state index in [1.165, 1.54) is 12.1 Å². The maximum atomic E-state index is 13.5. The maximum absolute atomic E-state index is 13.5. The minimum Gasteiger partial charge on any atom is -0.484 e. The summed E-state index contributed by atoms with van der Waals surface area (Å²) >= 11 is 0. The molecular weight excluding hydrogens is 447 g/mol. The molecule has 3 aromatic rings. The van der Waals surface area contributed by atoms with Crippen LogP contribution in [0.15, 0.2) is 66.7 Å². The van der Waals surface area contributed by atoms with Crippen LogP contribution in [0.1, 0.15) is 46.3 Å². The fourth-order valence-corrected chi connectivity index (χ4v) is 4.75. The van der Waals surface area contributed by atoms with Gasteiger partial charge in [-0.2, -0.15) is 0 Å². The first-order valence-corrected chi connectivity index (χ1v) is 11.8. The number of fused-ring (bicyclic) bond motifs is 1. The molecule has 3 aromatic carbocycles. The van der Waals surface area contributed by atoms with E-state index in [4.69, 9.17) is 9.47 Å². The normalized spacial score (nSPS) is 20.7. The van der Waals surface area contributed by atoms with Crippen LogP contribution in [0.3, 0.4) is 0 Å². The van der Waals surface area contributed by atoms with Crippen LogP contribution < -0.4 is 15.4 Å². The maximum Gasteiger partial charge on any atom is 0.251 e. The molecule has 7 heteroatoms. The fourth-order valence-electron chi connectivity index (χ4n) is 4.75. The SMILES string of the molecule is CNC(=O)C1c2cc(-c3cccc(C(=O)NCC4CCCO4)c3)ccc2OC1c1ccc(F)cc1. The molecule has 2 heterocycles. The van der Waals surface area contributed by atoms with Crippen molar-refractivity contribution in [2.75, 3.05) is 20.2 Å². The summed E-state index contributed by atoms with van der Waals surface area (Å²) in [7, 11) is 1.59. The zero-order valence-corrected chi connectivity index (χ0v) is 19.4. The summed E-state index contributed by atoms with van der Waals surface area (Å²) in [5.74, 6) is -0.646. The van der Waals surface area contributed by atoms with Crippen LogP contribution in [0.4, 0.5) is 4.39 Å². The number of hydrogen-bond donors (Lipinski definition) is 2. The highest BCUT2D eigenvalue weighted by molar-refractivity contribution is 5.95. The van der Waals surface area contributed by atoms with Gasteiger partial charge in [0.05, 0.1) is 6.10 Å². The Morgan fingerprint density at radius 1 is 1.03 bits per heavy atom. The Morgan fingerprint density at radius 2 is 1.83 bits per heavy atom. The number of hydrogen-bond acceptors (Lipinski definition) is 4. The first kappa shape index (κ1) is 23.1. The van der Waals surface area contributed by atoms with Crippen molar-refractivity contribution in [3.8, 4) is 16.9 Å². The minimum absolute atomic E-state index is 0.0783. The lowest BCUT2D eigenvalue weighted by Crippen LogP contribution is -2.31. The summed E-state index contributed by atoms with van der Waals surface area (Å²) in [6, 6.07) is 19.1. The van der Waals surface area contributed by atoms with Gasteiger partial charge in [0.25, 0.3) is 5.91 Å². The first-order valence-electron chi connectivity index (χ1n) is 11.8. The van der Waals surface area contributed by atoms with Crippen molar-refractivity contribution in [3.05, 3.63) is 89.2 Å². The Hall–Kier alpha value is -3.71. The minimum atomic E-state index is -0.585. The lowest BCUT2D eigenvalue weighted by Gasteiger charge is -2.18. The third-order valence-electron chi connectivity index (χ3n) is 6.60. The predicted octanol–water partition coefficient (Wildman–Crippen LogP) is 4.36. The summed E-state index contributed by atoms with van der Waals surface area (Å²) < 4.78 is 25.2. The smallest absolute Gasteiger partial charge is 0.251 e. The second-order valence-corrected chi connectivity index (χ2v) is 8.86. The molecule has 1 saturated heterocycles. The number of likely N-dealkylation sites (N-methyl/N-ethyl adjacent to an activating group) is 1. The molecule has 0 bridgehead atoms. The van der Waals surface area contributed by atoms with E-state index in [1.54, 1.807) is 25.2 Å². The van der Waals surface area contributed by atoms with E-state index in [1.807, 2.05) is 36.4 Å². The third kappa shape index (κ3) is 4.77. The molecule has 2 aliphatic rings. The van der Waals surface area contributed by atoms with Crippen molar-refractivity contribution in [1.29, 1.82) is 0 Å². The van der Waals surface area contributed by atoms with Crippen LogP contribution >= 0.6 is 0 Å². The van der Waals surface area contributed by atoms with Gasteiger partial charge in [-0.1, -0.05) is 30.3 Å².